The standard InChI is InChI=1S/C20H26N4S/c1-13(2)24(5)11-17-9-7-6-8-16(17)10-21-19-18-14(3)15(4)25-20(18)23-12-22-19/h6-9,12-13H,10-11H2,1-5H3,(H,21,22,23). The zero-order valence-electron chi connectivity index (χ0n) is 15.6. The summed E-state index contributed by atoms with van der Waals surface area (Å²) in [6.45, 7) is 10.4. The van der Waals surface area contributed by atoms with Gasteiger partial charge in [0, 0.05) is 24.0 Å². The lowest BCUT2D eigenvalue weighted by Gasteiger charge is -2.22. The first-order chi connectivity index (χ1) is 12.0. The summed E-state index contributed by atoms with van der Waals surface area (Å²) in [6, 6.07) is 9.15. The lowest BCUT2D eigenvalue weighted by atomic mass is 10.1. The van der Waals surface area contributed by atoms with Gasteiger partial charge in [-0.3, -0.25) is 4.90 Å². The second-order valence-corrected chi connectivity index (χ2v) is 8.02. The lowest BCUT2D eigenvalue weighted by Crippen LogP contribution is -2.26. The molecule has 3 rings (SSSR count). The molecule has 0 radical (unpaired) electrons. The number of thiophene rings is 1. The second kappa shape index (κ2) is 7.50. The highest BCUT2D eigenvalue weighted by Crippen LogP contribution is 2.32. The molecule has 1 aromatic carbocycles. The van der Waals surface area contributed by atoms with E-state index >= 15 is 0 Å². The third-order valence-corrected chi connectivity index (χ3v) is 5.95. The van der Waals surface area contributed by atoms with Crippen LogP contribution >= 0.6 is 11.3 Å². The normalized spacial score (nSPS) is 11.6. The van der Waals surface area contributed by atoms with E-state index in [2.05, 4.69) is 79.2 Å². The molecule has 0 atom stereocenters. The number of nitrogens with zero attached hydrogens (tertiary/aromatic N) is 3. The molecule has 0 saturated heterocycles. The Balaban J connectivity index is 1.83. The van der Waals surface area contributed by atoms with Gasteiger partial charge in [-0.15, -0.1) is 11.3 Å². The molecule has 2 aromatic heterocycles. The first-order valence-electron chi connectivity index (χ1n) is 8.69. The minimum absolute atomic E-state index is 0.527. The van der Waals surface area contributed by atoms with Crippen molar-refractivity contribution in [3.8, 4) is 0 Å². The molecule has 25 heavy (non-hydrogen) atoms. The highest BCUT2D eigenvalue weighted by Gasteiger charge is 2.13. The van der Waals surface area contributed by atoms with Crippen LogP contribution in [-0.4, -0.2) is 28.0 Å². The van der Waals surface area contributed by atoms with Gasteiger partial charge in [-0.05, 0) is 51.4 Å². The number of benzene rings is 1. The van der Waals surface area contributed by atoms with Crippen molar-refractivity contribution in [2.24, 2.45) is 0 Å². The van der Waals surface area contributed by atoms with Crippen molar-refractivity contribution in [1.29, 1.82) is 0 Å². The van der Waals surface area contributed by atoms with E-state index in [9.17, 15) is 0 Å². The molecule has 0 aliphatic rings. The molecule has 0 fully saturated rings. The maximum atomic E-state index is 4.49. The van der Waals surface area contributed by atoms with E-state index in [1.165, 1.54) is 21.6 Å². The van der Waals surface area contributed by atoms with E-state index in [4.69, 9.17) is 0 Å². The molecule has 4 nitrogen and oxygen atoms in total. The molecule has 0 aliphatic carbocycles. The second-order valence-electron chi connectivity index (χ2n) is 6.82. The van der Waals surface area contributed by atoms with Crippen LogP contribution in [0.2, 0.25) is 0 Å². The Labute approximate surface area is 153 Å². The molecular formula is C20H26N4S. The molecule has 0 bridgehead atoms. The van der Waals surface area contributed by atoms with Gasteiger partial charge in [0.2, 0.25) is 0 Å². The Morgan fingerprint density at radius 3 is 2.56 bits per heavy atom. The fraction of sp³-hybridized carbons (Fsp3) is 0.400. The third kappa shape index (κ3) is 3.83. The fourth-order valence-electron chi connectivity index (χ4n) is 2.83. The Hall–Kier alpha value is -1.98. The van der Waals surface area contributed by atoms with Gasteiger partial charge in [0.25, 0.3) is 0 Å². The smallest absolute Gasteiger partial charge is 0.138 e. The Morgan fingerprint density at radius 1 is 1.12 bits per heavy atom. The minimum atomic E-state index is 0.527. The predicted octanol–water partition coefficient (Wildman–Crippen LogP) is 4.76. The quantitative estimate of drug-likeness (QED) is 0.693. The summed E-state index contributed by atoms with van der Waals surface area (Å²) in [5.41, 5.74) is 3.94. The van der Waals surface area contributed by atoms with Gasteiger partial charge in [0.05, 0.1) is 5.39 Å². The molecule has 5 heteroatoms. The predicted molar refractivity (Wildman–Crippen MR) is 107 cm³/mol. The number of hydrogen-bond donors (Lipinski definition) is 1. The molecule has 0 saturated carbocycles. The molecule has 0 amide bonds. The number of anilines is 1. The van der Waals surface area contributed by atoms with Crippen LogP contribution in [0, 0.1) is 13.8 Å². The molecule has 0 spiro atoms. The molecular weight excluding hydrogens is 328 g/mol. The van der Waals surface area contributed by atoms with Crippen LogP contribution < -0.4 is 5.32 Å². The molecule has 0 aliphatic heterocycles. The van der Waals surface area contributed by atoms with Crippen molar-refractivity contribution >= 4 is 27.4 Å². The molecule has 0 unspecified atom stereocenters. The molecule has 132 valence electrons. The van der Waals surface area contributed by atoms with Gasteiger partial charge in [0.15, 0.2) is 0 Å². The number of aromatic nitrogens is 2. The summed E-state index contributed by atoms with van der Waals surface area (Å²) in [5.74, 6) is 0.930. The monoisotopic (exact) mass is 354 g/mol. The van der Waals surface area contributed by atoms with Crippen molar-refractivity contribution in [2.45, 2.75) is 46.8 Å². The van der Waals surface area contributed by atoms with E-state index in [0.29, 0.717) is 6.04 Å². The van der Waals surface area contributed by atoms with Gasteiger partial charge < -0.3 is 5.32 Å². The van der Waals surface area contributed by atoms with Crippen LogP contribution in [0.5, 0.6) is 0 Å². The largest absolute Gasteiger partial charge is 0.365 e. The average molecular weight is 355 g/mol. The maximum absolute atomic E-state index is 4.49. The fourth-order valence-corrected chi connectivity index (χ4v) is 3.83. The number of aryl methyl sites for hydroxylation is 2. The third-order valence-electron chi connectivity index (χ3n) is 4.83. The van der Waals surface area contributed by atoms with Crippen molar-refractivity contribution in [3.05, 3.63) is 52.2 Å². The number of fused-ring (bicyclic) bond motifs is 1. The highest BCUT2D eigenvalue weighted by molar-refractivity contribution is 7.18. The van der Waals surface area contributed by atoms with Crippen LogP contribution in [0.3, 0.4) is 0 Å². The van der Waals surface area contributed by atoms with E-state index in [-0.39, 0.29) is 0 Å². The number of nitrogens with one attached hydrogen (secondary N) is 1. The summed E-state index contributed by atoms with van der Waals surface area (Å²) < 4.78 is 0. The van der Waals surface area contributed by atoms with Crippen LogP contribution in [-0.2, 0) is 13.1 Å². The Morgan fingerprint density at radius 2 is 1.84 bits per heavy atom. The van der Waals surface area contributed by atoms with Crippen molar-refractivity contribution in [3.63, 3.8) is 0 Å². The summed E-state index contributed by atoms with van der Waals surface area (Å²) >= 11 is 1.73. The van der Waals surface area contributed by atoms with Gasteiger partial charge >= 0.3 is 0 Å². The first kappa shape index (κ1) is 17.8. The van der Waals surface area contributed by atoms with Crippen molar-refractivity contribution in [1.82, 2.24) is 14.9 Å². The van der Waals surface area contributed by atoms with Gasteiger partial charge in [-0.25, -0.2) is 9.97 Å². The molecule has 2 heterocycles. The highest BCUT2D eigenvalue weighted by atomic mass is 32.1. The van der Waals surface area contributed by atoms with Crippen LogP contribution in [0.15, 0.2) is 30.6 Å². The molecule has 1 N–H and O–H groups in total. The van der Waals surface area contributed by atoms with Gasteiger partial charge in [-0.1, -0.05) is 24.3 Å². The molecule has 3 aromatic rings. The summed E-state index contributed by atoms with van der Waals surface area (Å²) in [5, 5.41) is 4.69. The maximum Gasteiger partial charge on any atom is 0.138 e. The first-order valence-corrected chi connectivity index (χ1v) is 9.50. The number of rotatable bonds is 6. The van der Waals surface area contributed by atoms with Crippen LogP contribution in [0.4, 0.5) is 5.82 Å². The Bertz CT molecular complexity index is 869. The SMILES string of the molecule is Cc1sc2ncnc(NCc3ccccc3CN(C)C(C)C)c2c1C. The van der Waals surface area contributed by atoms with E-state index in [0.717, 1.165) is 29.1 Å². The summed E-state index contributed by atoms with van der Waals surface area (Å²) in [4.78, 5) is 13.6. The zero-order chi connectivity index (χ0) is 18.0. The average Bonchev–Trinajstić information content (AvgIpc) is 2.89. The van der Waals surface area contributed by atoms with E-state index in [1.54, 1.807) is 17.7 Å². The van der Waals surface area contributed by atoms with Crippen LogP contribution in [0.25, 0.3) is 10.2 Å². The van der Waals surface area contributed by atoms with Crippen molar-refractivity contribution in [2.75, 3.05) is 12.4 Å². The summed E-state index contributed by atoms with van der Waals surface area (Å²) in [6.07, 6.45) is 1.65. The van der Waals surface area contributed by atoms with E-state index < -0.39 is 0 Å². The topological polar surface area (TPSA) is 41.1 Å². The lowest BCUT2D eigenvalue weighted by molar-refractivity contribution is 0.265. The Kier molecular flexibility index (Phi) is 5.35. The number of hydrogen-bond acceptors (Lipinski definition) is 5. The van der Waals surface area contributed by atoms with Crippen LogP contribution in [0.1, 0.15) is 35.4 Å². The minimum Gasteiger partial charge on any atom is -0.365 e. The van der Waals surface area contributed by atoms with E-state index in [1.807, 2.05) is 0 Å². The van der Waals surface area contributed by atoms with Crippen molar-refractivity contribution < 1.29 is 0 Å². The van der Waals surface area contributed by atoms with Gasteiger partial charge in [0.1, 0.15) is 17.0 Å². The van der Waals surface area contributed by atoms with Gasteiger partial charge in [-0.2, -0.15) is 0 Å². The zero-order valence-corrected chi connectivity index (χ0v) is 16.4. The summed E-state index contributed by atoms with van der Waals surface area (Å²) in [7, 11) is 2.17.